The first kappa shape index (κ1) is 15.3. The van der Waals surface area contributed by atoms with Gasteiger partial charge >= 0.3 is 0 Å². The first-order valence-electron chi connectivity index (χ1n) is 7.08. The second-order valence-corrected chi connectivity index (χ2v) is 5.76. The summed E-state index contributed by atoms with van der Waals surface area (Å²) >= 11 is 6.21. The molecule has 0 bridgehead atoms. The van der Waals surface area contributed by atoms with Crippen LogP contribution in [0.5, 0.6) is 11.5 Å². The summed E-state index contributed by atoms with van der Waals surface area (Å²) in [5.74, 6) is 1.09. The van der Waals surface area contributed by atoms with E-state index in [4.69, 9.17) is 16.3 Å². The summed E-state index contributed by atoms with van der Waals surface area (Å²) in [4.78, 5) is 10.8. The van der Waals surface area contributed by atoms with E-state index in [2.05, 4.69) is 0 Å². The molecule has 4 nitrogen and oxygen atoms in total. The van der Waals surface area contributed by atoms with Gasteiger partial charge in [-0.15, -0.1) is 0 Å². The lowest BCUT2D eigenvalue weighted by molar-refractivity contribution is -0.385. The van der Waals surface area contributed by atoms with Crippen LogP contribution in [0.15, 0.2) is 48.5 Å². The maximum atomic E-state index is 11.2. The van der Waals surface area contributed by atoms with Gasteiger partial charge in [-0.1, -0.05) is 35.9 Å². The van der Waals surface area contributed by atoms with E-state index in [0.717, 1.165) is 16.3 Å². The Morgan fingerprint density at radius 3 is 2.39 bits per heavy atom. The zero-order valence-corrected chi connectivity index (χ0v) is 13.4. The molecule has 0 atom stereocenters. The molecule has 23 heavy (non-hydrogen) atoms. The summed E-state index contributed by atoms with van der Waals surface area (Å²) in [6.45, 7) is 3.49. The van der Waals surface area contributed by atoms with E-state index >= 15 is 0 Å². The highest BCUT2D eigenvalue weighted by molar-refractivity contribution is 6.35. The summed E-state index contributed by atoms with van der Waals surface area (Å²) in [5, 5.41) is 13.6. The fraction of sp³-hybridized carbons (Fsp3) is 0.111. The molecule has 0 radical (unpaired) electrons. The smallest absolute Gasteiger partial charge is 0.276 e. The van der Waals surface area contributed by atoms with Gasteiger partial charge in [-0.25, -0.2) is 0 Å². The Hall–Kier alpha value is -2.59. The average molecular weight is 328 g/mol. The molecule has 0 aliphatic rings. The Morgan fingerprint density at radius 2 is 1.70 bits per heavy atom. The van der Waals surface area contributed by atoms with Gasteiger partial charge in [0.05, 0.1) is 10.5 Å². The highest BCUT2D eigenvalue weighted by atomic mass is 35.5. The molecule has 3 rings (SSSR count). The molecule has 0 amide bonds. The van der Waals surface area contributed by atoms with Gasteiger partial charge in [0.25, 0.3) is 5.69 Å². The number of nitro groups is 1. The van der Waals surface area contributed by atoms with Crippen molar-refractivity contribution in [2.75, 3.05) is 0 Å². The van der Waals surface area contributed by atoms with Gasteiger partial charge in [-0.3, -0.25) is 10.1 Å². The van der Waals surface area contributed by atoms with Crippen LogP contribution < -0.4 is 4.74 Å². The average Bonchev–Trinajstić information content (AvgIpc) is 2.53. The SMILES string of the molecule is Cc1cc(Oc2ccc(Cl)c3ccccc23)c(C)c([N+](=O)[O-])c1. The monoisotopic (exact) mass is 327 g/mol. The second kappa shape index (κ2) is 5.89. The fourth-order valence-electron chi connectivity index (χ4n) is 2.54. The number of fused-ring (bicyclic) bond motifs is 1. The van der Waals surface area contributed by atoms with Gasteiger partial charge in [0.15, 0.2) is 0 Å². The van der Waals surface area contributed by atoms with Crippen LogP contribution in [0.4, 0.5) is 5.69 Å². The molecule has 0 aliphatic heterocycles. The molecule has 0 saturated carbocycles. The number of aryl methyl sites for hydroxylation is 1. The van der Waals surface area contributed by atoms with Crippen LogP contribution in [-0.2, 0) is 0 Å². The van der Waals surface area contributed by atoms with Crippen molar-refractivity contribution in [2.24, 2.45) is 0 Å². The minimum Gasteiger partial charge on any atom is -0.456 e. The predicted octanol–water partition coefficient (Wildman–Crippen LogP) is 5.81. The lowest BCUT2D eigenvalue weighted by Crippen LogP contribution is -1.96. The number of nitrogens with zero attached hydrogens (tertiary/aromatic N) is 1. The number of rotatable bonds is 3. The molecular formula is C18H14ClNO3. The van der Waals surface area contributed by atoms with Crippen molar-refractivity contribution in [1.82, 2.24) is 0 Å². The van der Waals surface area contributed by atoms with E-state index < -0.39 is 4.92 Å². The third kappa shape index (κ3) is 2.85. The summed E-state index contributed by atoms with van der Waals surface area (Å²) in [6, 6.07) is 14.5. The Balaban J connectivity index is 2.14. The third-order valence-corrected chi connectivity index (χ3v) is 4.05. The second-order valence-electron chi connectivity index (χ2n) is 5.36. The molecule has 0 spiro atoms. The molecule has 0 saturated heterocycles. The topological polar surface area (TPSA) is 52.4 Å². The highest BCUT2D eigenvalue weighted by Crippen LogP contribution is 2.37. The van der Waals surface area contributed by atoms with Crippen molar-refractivity contribution in [2.45, 2.75) is 13.8 Å². The normalized spacial score (nSPS) is 10.7. The van der Waals surface area contributed by atoms with Crippen LogP contribution in [0.3, 0.4) is 0 Å². The number of ether oxygens (including phenoxy) is 1. The minimum atomic E-state index is -0.394. The first-order chi connectivity index (χ1) is 11.0. The number of hydrogen-bond donors (Lipinski definition) is 0. The van der Waals surface area contributed by atoms with E-state index in [9.17, 15) is 10.1 Å². The summed E-state index contributed by atoms with van der Waals surface area (Å²) in [5.41, 5.74) is 1.33. The van der Waals surface area contributed by atoms with Crippen molar-refractivity contribution in [3.05, 3.63) is 74.8 Å². The molecule has 0 heterocycles. The summed E-state index contributed by atoms with van der Waals surface area (Å²) < 4.78 is 5.99. The number of hydrogen-bond acceptors (Lipinski definition) is 3. The first-order valence-corrected chi connectivity index (χ1v) is 7.46. The third-order valence-electron chi connectivity index (χ3n) is 3.72. The fourth-order valence-corrected chi connectivity index (χ4v) is 2.77. The van der Waals surface area contributed by atoms with Gasteiger partial charge in [-0.05, 0) is 37.6 Å². The van der Waals surface area contributed by atoms with Crippen molar-refractivity contribution in [1.29, 1.82) is 0 Å². The van der Waals surface area contributed by atoms with Gasteiger partial charge < -0.3 is 4.74 Å². The molecule has 0 fully saturated rings. The van der Waals surface area contributed by atoms with Crippen LogP contribution >= 0.6 is 11.6 Å². The summed E-state index contributed by atoms with van der Waals surface area (Å²) in [7, 11) is 0. The molecule has 116 valence electrons. The molecule has 0 aromatic heterocycles. The molecule has 0 aliphatic carbocycles. The zero-order valence-electron chi connectivity index (χ0n) is 12.7. The van der Waals surface area contributed by atoms with Crippen LogP contribution in [0.2, 0.25) is 5.02 Å². The Morgan fingerprint density at radius 1 is 1.00 bits per heavy atom. The Bertz CT molecular complexity index is 922. The molecule has 3 aromatic rings. The van der Waals surface area contributed by atoms with Crippen LogP contribution in [0, 0.1) is 24.0 Å². The van der Waals surface area contributed by atoms with Gasteiger partial charge in [0, 0.05) is 21.9 Å². The number of halogens is 1. The van der Waals surface area contributed by atoms with E-state index in [1.54, 1.807) is 38.1 Å². The lowest BCUT2D eigenvalue weighted by atomic mass is 10.1. The van der Waals surface area contributed by atoms with Crippen molar-refractivity contribution >= 4 is 28.1 Å². The largest absolute Gasteiger partial charge is 0.456 e. The van der Waals surface area contributed by atoms with E-state index in [1.807, 2.05) is 24.3 Å². The maximum absolute atomic E-state index is 11.2. The van der Waals surface area contributed by atoms with E-state index in [0.29, 0.717) is 22.1 Å². The van der Waals surface area contributed by atoms with E-state index in [-0.39, 0.29) is 5.69 Å². The van der Waals surface area contributed by atoms with Crippen molar-refractivity contribution in [3.63, 3.8) is 0 Å². The standard InChI is InChI=1S/C18H14ClNO3/c1-11-9-16(20(21)22)12(2)18(10-11)23-17-8-7-15(19)13-5-3-4-6-14(13)17/h3-10H,1-2H3. The Kier molecular flexibility index (Phi) is 3.92. The molecule has 5 heteroatoms. The molecule has 3 aromatic carbocycles. The zero-order chi connectivity index (χ0) is 16.6. The summed E-state index contributed by atoms with van der Waals surface area (Å²) in [6.07, 6.45) is 0. The lowest BCUT2D eigenvalue weighted by Gasteiger charge is -2.13. The van der Waals surface area contributed by atoms with Crippen molar-refractivity contribution < 1.29 is 9.66 Å². The van der Waals surface area contributed by atoms with Crippen LogP contribution in [0.25, 0.3) is 10.8 Å². The minimum absolute atomic E-state index is 0.0540. The Labute approximate surface area is 138 Å². The van der Waals surface area contributed by atoms with E-state index in [1.165, 1.54) is 0 Å². The van der Waals surface area contributed by atoms with Crippen molar-refractivity contribution in [3.8, 4) is 11.5 Å². The highest BCUT2D eigenvalue weighted by Gasteiger charge is 2.17. The van der Waals surface area contributed by atoms with Crippen LogP contribution in [-0.4, -0.2) is 4.92 Å². The number of benzene rings is 3. The van der Waals surface area contributed by atoms with Crippen LogP contribution in [0.1, 0.15) is 11.1 Å². The molecule has 0 unspecified atom stereocenters. The van der Waals surface area contributed by atoms with Gasteiger partial charge in [0.2, 0.25) is 0 Å². The number of nitro benzene ring substituents is 1. The maximum Gasteiger partial charge on any atom is 0.276 e. The quantitative estimate of drug-likeness (QED) is 0.450. The molecular weight excluding hydrogens is 314 g/mol. The van der Waals surface area contributed by atoms with Gasteiger partial charge in [-0.2, -0.15) is 0 Å². The predicted molar refractivity (Wildman–Crippen MR) is 91.6 cm³/mol. The molecule has 0 N–H and O–H groups in total. The van der Waals surface area contributed by atoms with Gasteiger partial charge in [0.1, 0.15) is 11.5 Å².